The summed E-state index contributed by atoms with van der Waals surface area (Å²) < 4.78 is 13.3. The van der Waals surface area contributed by atoms with E-state index in [4.69, 9.17) is 0 Å². The van der Waals surface area contributed by atoms with Gasteiger partial charge in [0.1, 0.15) is 5.82 Å². The third kappa shape index (κ3) is 4.68. The minimum atomic E-state index is -0.683. The van der Waals surface area contributed by atoms with Crippen molar-refractivity contribution in [2.45, 2.75) is 0 Å². The molecule has 1 rings (SSSR count). The van der Waals surface area contributed by atoms with Gasteiger partial charge in [-0.15, -0.1) is 0 Å². The average molecular weight is 281 g/mol. The smallest absolute Gasteiger partial charge is 0.254 e. The molecule has 0 aliphatic rings. The quantitative estimate of drug-likeness (QED) is 0.782. The largest absolute Gasteiger partial charge is 0.347 e. The standard InChI is InChI=1S/C13H16FN3O3/c1-17(2)12(19)8-15-11(18)7-16-13(20)9-5-3-4-6-10(9)14/h3-6H,7-8H2,1-2H3,(H,15,18)(H,16,20). The second-order valence-corrected chi connectivity index (χ2v) is 4.23. The van der Waals surface area contributed by atoms with E-state index >= 15 is 0 Å². The van der Waals surface area contributed by atoms with Gasteiger partial charge in [-0.1, -0.05) is 12.1 Å². The van der Waals surface area contributed by atoms with Crippen molar-refractivity contribution >= 4 is 17.7 Å². The van der Waals surface area contributed by atoms with Crippen LogP contribution in [0.1, 0.15) is 10.4 Å². The van der Waals surface area contributed by atoms with Crippen molar-refractivity contribution in [1.29, 1.82) is 0 Å². The second-order valence-electron chi connectivity index (χ2n) is 4.23. The van der Waals surface area contributed by atoms with Gasteiger partial charge in [0.25, 0.3) is 5.91 Å². The molecule has 0 unspecified atom stereocenters. The van der Waals surface area contributed by atoms with Gasteiger partial charge in [-0.2, -0.15) is 0 Å². The van der Waals surface area contributed by atoms with Crippen LogP contribution in [0.15, 0.2) is 24.3 Å². The van der Waals surface area contributed by atoms with Crippen LogP contribution in [0.25, 0.3) is 0 Å². The summed E-state index contributed by atoms with van der Waals surface area (Å²) in [5, 5.41) is 4.62. The van der Waals surface area contributed by atoms with Crippen LogP contribution < -0.4 is 10.6 Å². The van der Waals surface area contributed by atoms with Crippen molar-refractivity contribution in [2.24, 2.45) is 0 Å². The van der Waals surface area contributed by atoms with Crippen molar-refractivity contribution in [3.8, 4) is 0 Å². The molecule has 1 aromatic carbocycles. The maximum absolute atomic E-state index is 13.3. The van der Waals surface area contributed by atoms with Gasteiger partial charge < -0.3 is 15.5 Å². The molecule has 2 N–H and O–H groups in total. The molecule has 0 radical (unpaired) electrons. The highest BCUT2D eigenvalue weighted by atomic mass is 19.1. The third-order valence-electron chi connectivity index (χ3n) is 2.46. The van der Waals surface area contributed by atoms with Crippen molar-refractivity contribution in [2.75, 3.05) is 27.2 Å². The van der Waals surface area contributed by atoms with E-state index in [1.54, 1.807) is 14.1 Å². The first-order chi connectivity index (χ1) is 9.41. The summed E-state index contributed by atoms with van der Waals surface area (Å²) in [6.45, 7) is -0.477. The molecule has 0 spiro atoms. The van der Waals surface area contributed by atoms with Gasteiger partial charge in [0.05, 0.1) is 18.7 Å². The Morgan fingerprint density at radius 2 is 1.75 bits per heavy atom. The van der Waals surface area contributed by atoms with Gasteiger partial charge in [0.15, 0.2) is 0 Å². The number of hydrogen-bond donors (Lipinski definition) is 2. The molecule has 0 atom stereocenters. The van der Waals surface area contributed by atoms with Crippen molar-refractivity contribution < 1.29 is 18.8 Å². The summed E-state index contributed by atoms with van der Waals surface area (Å²) in [4.78, 5) is 35.6. The van der Waals surface area contributed by atoms with E-state index in [9.17, 15) is 18.8 Å². The minimum absolute atomic E-state index is 0.135. The van der Waals surface area contributed by atoms with Crippen LogP contribution in [0.2, 0.25) is 0 Å². The number of halogens is 1. The fraction of sp³-hybridized carbons (Fsp3) is 0.308. The predicted octanol–water partition coefficient (Wildman–Crippen LogP) is -0.240. The van der Waals surface area contributed by atoms with Gasteiger partial charge in [-0.3, -0.25) is 14.4 Å². The molecule has 0 aliphatic heterocycles. The molecule has 0 aromatic heterocycles. The fourth-order valence-electron chi connectivity index (χ4n) is 1.30. The first kappa shape index (κ1) is 15.6. The first-order valence-electron chi connectivity index (χ1n) is 5.91. The highest BCUT2D eigenvalue weighted by molar-refractivity contribution is 5.97. The number of likely N-dealkylation sites (N-methyl/N-ethyl adjacent to an activating group) is 1. The molecule has 0 aliphatic carbocycles. The van der Waals surface area contributed by atoms with E-state index in [-0.39, 0.29) is 24.6 Å². The fourth-order valence-corrected chi connectivity index (χ4v) is 1.30. The zero-order valence-electron chi connectivity index (χ0n) is 11.3. The number of hydrogen-bond acceptors (Lipinski definition) is 3. The Morgan fingerprint density at radius 1 is 1.10 bits per heavy atom. The molecule has 0 saturated carbocycles. The summed E-state index contributed by atoms with van der Waals surface area (Å²) in [6, 6.07) is 5.46. The average Bonchev–Trinajstić information content (AvgIpc) is 2.42. The SMILES string of the molecule is CN(C)C(=O)CNC(=O)CNC(=O)c1ccccc1F. The Morgan fingerprint density at radius 3 is 2.35 bits per heavy atom. The molecule has 108 valence electrons. The van der Waals surface area contributed by atoms with Gasteiger partial charge >= 0.3 is 0 Å². The first-order valence-corrected chi connectivity index (χ1v) is 5.91. The lowest BCUT2D eigenvalue weighted by Crippen LogP contribution is -2.41. The summed E-state index contributed by atoms with van der Waals surface area (Å²) >= 11 is 0. The van der Waals surface area contributed by atoms with Crippen LogP contribution >= 0.6 is 0 Å². The molecular formula is C13H16FN3O3. The number of nitrogens with one attached hydrogen (secondary N) is 2. The number of nitrogens with zero attached hydrogens (tertiary/aromatic N) is 1. The lowest BCUT2D eigenvalue weighted by Gasteiger charge is -2.11. The highest BCUT2D eigenvalue weighted by Gasteiger charge is 2.12. The molecule has 7 heteroatoms. The van der Waals surface area contributed by atoms with E-state index in [2.05, 4.69) is 10.6 Å². The zero-order valence-corrected chi connectivity index (χ0v) is 11.3. The third-order valence-corrected chi connectivity index (χ3v) is 2.46. The normalized spacial score (nSPS) is 9.75. The van der Waals surface area contributed by atoms with Crippen LogP contribution in [0, 0.1) is 5.82 Å². The molecule has 0 heterocycles. The molecule has 0 fully saturated rings. The number of amides is 3. The van der Waals surface area contributed by atoms with E-state index in [0.29, 0.717) is 0 Å². The Kier molecular flexibility index (Phi) is 5.64. The van der Waals surface area contributed by atoms with E-state index in [1.165, 1.54) is 23.1 Å². The van der Waals surface area contributed by atoms with Gasteiger partial charge in [0, 0.05) is 14.1 Å². The molecular weight excluding hydrogens is 265 g/mol. The topological polar surface area (TPSA) is 78.5 Å². The second kappa shape index (κ2) is 7.22. The lowest BCUT2D eigenvalue weighted by atomic mass is 10.2. The zero-order chi connectivity index (χ0) is 15.1. The monoisotopic (exact) mass is 281 g/mol. The predicted molar refractivity (Wildman–Crippen MR) is 70.4 cm³/mol. The maximum Gasteiger partial charge on any atom is 0.254 e. The van der Waals surface area contributed by atoms with Crippen LogP contribution in [0.4, 0.5) is 4.39 Å². The maximum atomic E-state index is 13.3. The lowest BCUT2D eigenvalue weighted by molar-refractivity contribution is -0.130. The molecule has 1 aromatic rings. The Bertz CT molecular complexity index is 517. The van der Waals surface area contributed by atoms with Gasteiger partial charge in [-0.05, 0) is 12.1 Å². The van der Waals surface area contributed by atoms with E-state index in [1.807, 2.05) is 0 Å². The Hall–Kier alpha value is -2.44. The van der Waals surface area contributed by atoms with Crippen LogP contribution in [-0.2, 0) is 9.59 Å². The highest BCUT2D eigenvalue weighted by Crippen LogP contribution is 2.05. The Balaban J connectivity index is 2.40. The molecule has 20 heavy (non-hydrogen) atoms. The summed E-state index contributed by atoms with van der Waals surface area (Å²) in [5.74, 6) is -2.13. The number of benzene rings is 1. The van der Waals surface area contributed by atoms with Crippen molar-refractivity contribution in [3.05, 3.63) is 35.6 Å². The molecule has 0 saturated heterocycles. The molecule has 3 amide bonds. The van der Waals surface area contributed by atoms with Crippen molar-refractivity contribution in [1.82, 2.24) is 15.5 Å². The summed E-state index contributed by atoms with van der Waals surface area (Å²) in [6.07, 6.45) is 0. The van der Waals surface area contributed by atoms with E-state index < -0.39 is 17.6 Å². The number of carbonyl (C=O) groups excluding carboxylic acids is 3. The van der Waals surface area contributed by atoms with Crippen molar-refractivity contribution in [3.63, 3.8) is 0 Å². The van der Waals surface area contributed by atoms with Crippen LogP contribution in [0.3, 0.4) is 0 Å². The van der Waals surface area contributed by atoms with Gasteiger partial charge in [-0.25, -0.2) is 4.39 Å². The number of carbonyl (C=O) groups is 3. The van der Waals surface area contributed by atoms with Crippen LogP contribution in [-0.4, -0.2) is 49.8 Å². The molecule has 6 nitrogen and oxygen atoms in total. The number of rotatable bonds is 5. The minimum Gasteiger partial charge on any atom is -0.347 e. The van der Waals surface area contributed by atoms with Crippen LogP contribution in [0.5, 0.6) is 0 Å². The van der Waals surface area contributed by atoms with Gasteiger partial charge in [0.2, 0.25) is 11.8 Å². The summed E-state index contributed by atoms with van der Waals surface area (Å²) in [7, 11) is 3.13. The Labute approximate surface area is 115 Å². The summed E-state index contributed by atoms with van der Waals surface area (Å²) in [5.41, 5.74) is -0.135. The molecule has 0 bridgehead atoms. The van der Waals surface area contributed by atoms with E-state index in [0.717, 1.165) is 6.07 Å².